The first-order chi connectivity index (χ1) is 9.07. The Labute approximate surface area is 115 Å². The van der Waals surface area contributed by atoms with Crippen LogP contribution in [0.2, 0.25) is 0 Å². The lowest BCUT2D eigenvalue weighted by Gasteiger charge is -2.30. The molecule has 1 aliphatic carbocycles. The summed E-state index contributed by atoms with van der Waals surface area (Å²) < 4.78 is 10.5. The fraction of sp³-hybridized carbons (Fsp3) is 0.867. The summed E-state index contributed by atoms with van der Waals surface area (Å²) in [6.07, 6.45) is 5.47. The van der Waals surface area contributed by atoms with Gasteiger partial charge in [-0.25, -0.2) is 0 Å². The molecule has 0 atom stereocenters. The lowest BCUT2D eigenvalue weighted by molar-refractivity contribution is -0.175. The summed E-state index contributed by atoms with van der Waals surface area (Å²) in [6.45, 7) is 6.30. The first-order valence-corrected chi connectivity index (χ1v) is 7.41. The molecule has 4 nitrogen and oxygen atoms in total. The van der Waals surface area contributed by atoms with Crippen molar-refractivity contribution in [2.45, 2.75) is 59.3 Å². The monoisotopic (exact) mass is 270 g/mol. The van der Waals surface area contributed by atoms with E-state index in [4.69, 9.17) is 9.47 Å². The zero-order chi connectivity index (χ0) is 14.3. The van der Waals surface area contributed by atoms with Gasteiger partial charge in [0.15, 0.2) is 5.41 Å². The third-order valence-corrected chi connectivity index (χ3v) is 3.89. The predicted octanol–water partition coefficient (Wildman–Crippen LogP) is 3.09. The number of rotatable bonds is 7. The average molecular weight is 270 g/mol. The summed E-state index contributed by atoms with van der Waals surface area (Å²) in [5.41, 5.74) is -1.12. The van der Waals surface area contributed by atoms with Gasteiger partial charge >= 0.3 is 11.9 Å². The van der Waals surface area contributed by atoms with Crippen molar-refractivity contribution in [1.29, 1.82) is 0 Å². The van der Waals surface area contributed by atoms with Crippen LogP contribution < -0.4 is 0 Å². The van der Waals surface area contributed by atoms with Crippen LogP contribution in [0, 0.1) is 11.3 Å². The number of hydrogen-bond donors (Lipinski definition) is 0. The predicted molar refractivity (Wildman–Crippen MR) is 72.6 cm³/mol. The molecule has 0 bridgehead atoms. The van der Waals surface area contributed by atoms with E-state index in [2.05, 4.69) is 0 Å². The summed E-state index contributed by atoms with van der Waals surface area (Å²) >= 11 is 0. The van der Waals surface area contributed by atoms with Crippen LogP contribution in [0.5, 0.6) is 0 Å². The molecule has 0 radical (unpaired) electrons. The fourth-order valence-electron chi connectivity index (χ4n) is 2.61. The standard InChI is InChI=1S/C15H26O4/c1-4-10-18-13(16)15(3,12-8-6-7-9-12)14(17)19-11-5-2/h12H,4-11H2,1-3H3. The van der Waals surface area contributed by atoms with Gasteiger partial charge in [0.1, 0.15) is 0 Å². The molecule has 0 aromatic carbocycles. The molecule has 1 rings (SSSR count). The molecule has 19 heavy (non-hydrogen) atoms. The Hall–Kier alpha value is -1.06. The van der Waals surface area contributed by atoms with Gasteiger partial charge in [-0.3, -0.25) is 9.59 Å². The average Bonchev–Trinajstić information content (AvgIpc) is 2.95. The minimum Gasteiger partial charge on any atom is -0.465 e. The highest BCUT2D eigenvalue weighted by atomic mass is 16.6. The lowest BCUT2D eigenvalue weighted by atomic mass is 9.76. The summed E-state index contributed by atoms with van der Waals surface area (Å²) in [5.74, 6) is -0.772. The van der Waals surface area contributed by atoms with E-state index < -0.39 is 17.4 Å². The van der Waals surface area contributed by atoms with Crippen LogP contribution in [-0.2, 0) is 19.1 Å². The van der Waals surface area contributed by atoms with Gasteiger partial charge < -0.3 is 9.47 Å². The van der Waals surface area contributed by atoms with Crippen LogP contribution >= 0.6 is 0 Å². The van der Waals surface area contributed by atoms with Crippen LogP contribution in [0.3, 0.4) is 0 Å². The van der Waals surface area contributed by atoms with Crippen molar-refractivity contribution in [3.05, 3.63) is 0 Å². The van der Waals surface area contributed by atoms with E-state index in [1.165, 1.54) is 0 Å². The molecule has 0 aromatic heterocycles. The van der Waals surface area contributed by atoms with E-state index in [-0.39, 0.29) is 5.92 Å². The van der Waals surface area contributed by atoms with Crippen molar-refractivity contribution in [1.82, 2.24) is 0 Å². The number of esters is 2. The summed E-state index contributed by atoms with van der Waals surface area (Å²) in [7, 11) is 0. The number of ether oxygens (including phenoxy) is 2. The zero-order valence-corrected chi connectivity index (χ0v) is 12.4. The SMILES string of the molecule is CCCOC(=O)C(C)(C(=O)OCCC)C1CCCC1. The zero-order valence-electron chi connectivity index (χ0n) is 12.4. The van der Waals surface area contributed by atoms with Crippen LogP contribution in [0.25, 0.3) is 0 Å². The third-order valence-electron chi connectivity index (χ3n) is 3.89. The molecule has 0 heterocycles. The Balaban J connectivity index is 2.81. The van der Waals surface area contributed by atoms with Gasteiger partial charge in [0.25, 0.3) is 0 Å². The molecular weight excluding hydrogens is 244 g/mol. The smallest absolute Gasteiger partial charge is 0.323 e. The molecule has 0 aromatic rings. The molecule has 0 amide bonds. The van der Waals surface area contributed by atoms with Crippen molar-refractivity contribution in [3.63, 3.8) is 0 Å². The molecular formula is C15H26O4. The number of carbonyl (C=O) groups excluding carboxylic acids is 2. The van der Waals surface area contributed by atoms with Crippen molar-refractivity contribution >= 4 is 11.9 Å². The number of hydrogen-bond acceptors (Lipinski definition) is 4. The van der Waals surface area contributed by atoms with Crippen LogP contribution in [0.4, 0.5) is 0 Å². The minimum absolute atomic E-state index is 0.0567. The van der Waals surface area contributed by atoms with E-state index in [1.54, 1.807) is 6.92 Å². The van der Waals surface area contributed by atoms with E-state index in [0.717, 1.165) is 38.5 Å². The minimum atomic E-state index is -1.12. The maximum absolute atomic E-state index is 12.3. The second-order valence-electron chi connectivity index (χ2n) is 5.46. The summed E-state index contributed by atoms with van der Waals surface area (Å²) in [6, 6.07) is 0. The van der Waals surface area contributed by atoms with Crippen LogP contribution in [0.1, 0.15) is 59.3 Å². The molecule has 0 unspecified atom stereocenters. The molecule has 0 aliphatic heterocycles. The molecule has 1 fully saturated rings. The molecule has 0 N–H and O–H groups in total. The van der Waals surface area contributed by atoms with Crippen LogP contribution in [0.15, 0.2) is 0 Å². The Bertz CT molecular complexity index is 285. The highest BCUT2D eigenvalue weighted by Crippen LogP contribution is 2.41. The second-order valence-corrected chi connectivity index (χ2v) is 5.46. The van der Waals surface area contributed by atoms with Gasteiger partial charge in [0.2, 0.25) is 0 Å². The van der Waals surface area contributed by atoms with Crippen LogP contribution in [-0.4, -0.2) is 25.2 Å². The molecule has 110 valence electrons. The maximum atomic E-state index is 12.3. The Morgan fingerprint density at radius 1 is 1.00 bits per heavy atom. The first-order valence-electron chi connectivity index (χ1n) is 7.41. The number of carbonyl (C=O) groups is 2. The summed E-state index contributed by atoms with van der Waals surface area (Å²) in [5, 5.41) is 0. The first kappa shape index (κ1) is 16.0. The van der Waals surface area contributed by atoms with Crippen molar-refractivity contribution in [2.24, 2.45) is 11.3 Å². The highest BCUT2D eigenvalue weighted by Gasteiger charge is 2.51. The van der Waals surface area contributed by atoms with Gasteiger partial charge in [-0.15, -0.1) is 0 Å². The Morgan fingerprint density at radius 2 is 1.42 bits per heavy atom. The third kappa shape index (κ3) is 3.71. The normalized spacial score (nSPS) is 16.4. The van der Waals surface area contributed by atoms with Crippen molar-refractivity contribution < 1.29 is 19.1 Å². The van der Waals surface area contributed by atoms with Crippen molar-refractivity contribution in [2.75, 3.05) is 13.2 Å². The fourth-order valence-corrected chi connectivity index (χ4v) is 2.61. The van der Waals surface area contributed by atoms with E-state index >= 15 is 0 Å². The molecule has 4 heteroatoms. The largest absolute Gasteiger partial charge is 0.465 e. The Kier molecular flexibility index (Phi) is 6.32. The highest BCUT2D eigenvalue weighted by molar-refractivity contribution is 6.00. The second kappa shape index (κ2) is 7.51. The topological polar surface area (TPSA) is 52.6 Å². The van der Waals surface area contributed by atoms with Gasteiger partial charge in [0, 0.05) is 0 Å². The quantitative estimate of drug-likeness (QED) is 0.527. The van der Waals surface area contributed by atoms with Gasteiger partial charge in [-0.05, 0) is 38.5 Å². The summed E-state index contributed by atoms with van der Waals surface area (Å²) in [4.78, 5) is 24.6. The maximum Gasteiger partial charge on any atom is 0.323 e. The van der Waals surface area contributed by atoms with E-state index in [1.807, 2.05) is 13.8 Å². The van der Waals surface area contributed by atoms with Gasteiger partial charge in [-0.1, -0.05) is 26.7 Å². The van der Waals surface area contributed by atoms with E-state index in [0.29, 0.717) is 13.2 Å². The Morgan fingerprint density at radius 3 is 1.79 bits per heavy atom. The van der Waals surface area contributed by atoms with Gasteiger partial charge in [0.05, 0.1) is 13.2 Å². The molecule has 1 aliphatic rings. The molecule has 0 spiro atoms. The molecule has 1 saturated carbocycles. The molecule has 0 saturated heterocycles. The lowest BCUT2D eigenvalue weighted by Crippen LogP contribution is -2.45. The van der Waals surface area contributed by atoms with Gasteiger partial charge in [-0.2, -0.15) is 0 Å². The van der Waals surface area contributed by atoms with Crippen molar-refractivity contribution in [3.8, 4) is 0 Å². The van der Waals surface area contributed by atoms with E-state index in [9.17, 15) is 9.59 Å².